The van der Waals surface area contributed by atoms with E-state index in [0.717, 1.165) is 24.0 Å². The van der Waals surface area contributed by atoms with Crippen LogP contribution >= 0.6 is 0 Å². The molecule has 1 aliphatic heterocycles. The third kappa shape index (κ3) is 6.24. The third-order valence-corrected chi connectivity index (χ3v) is 7.71. The monoisotopic (exact) mass is 584 g/mol. The Balaban J connectivity index is 1.30. The normalized spacial score (nSPS) is 15.0. The molecule has 1 amide bonds. The molecule has 2 aliphatic rings. The van der Waals surface area contributed by atoms with Gasteiger partial charge in [-0.2, -0.15) is 9.78 Å². The maximum Gasteiger partial charge on any atom is 0.316 e. The Morgan fingerprint density at radius 1 is 0.977 bits per heavy atom. The van der Waals surface area contributed by atoms with Gasteiger partial charge in [0.05, 0.1) is 11.9 Å². The number of carbonyl (C=O) groups is 1. The highest BCUT2D eigenvalue weighted by Gasteiger charge is 2.35. The number of piperazine rings is 1. The maximum absolute atomic E-state index is 13.9. The highest BCUT2D eigenvalue weighted by molar-refractivity contribution is 5.81. The molecule has 0 spiro atoms. The summed E-state index contributed by atoms with van der Waals surface area (Å²) >= 11 is 0. The Bertz CT molecular complexity index is 1660. The van der Waals surface area contributed by atoms with Gasteiger partial charge < -0.3 is 24.0 Å². The van der Waals surface area contributed by atoms with Crippen LogP contribution < -0.4 is 19.9 Å². The van der Waals surface area contributed by atoms with Crippen molar-refractivity contribution < 1.29 is 23.4 Å². The van der Waals surface area contributed by atoms with E-state index in [1.165, 1.54) is 23.9 Å². The van der Waals surface area contributed by atoms with Crippen molar-refractivity contribution in [2.45, 2.75) is 19.8 Å². The summed E-state index contributed by atoms with van der Waals surface area (Å²) in [4.78, 5) is 30.4. The highest BCUT2D eigenvalue weighted by atomic mass is 19.1. The summed E-state index contributed by atoms with van der Waals surface area (Å²) in [7, 11) is 1.50. The van der Waals surface area contributed by atoms with Gasteiger partial charge in [-0.15, -0.1) is 0 Å². The van der Waals surface area contributed by atoms with Crippen LogP contribution in [0.25, 0.3) is 16.8 Å². The smallest absolute Gasteiger partial charge is 0.316 e. The molecule has 1 saturated carbocycles. The van der Waals surface area contributed by atoms with E-state index in [-0.39, 0.29) is 24.4 Å². The van der Waals surface area contributed by atoms with Gasteiger partial charge in [0.2, 0.25) is 11.7 Å². The van der Waals surface area contributed by atoms with Crippen LogP contribution in [0.2, 0.25) is 0 Å². The van der Waals surface area contributed by atoms with E-state index < -0.39 is 11.4 Å². The molecule has 0 unspecified atom stereocenters. The number of anilines is 1. The van der Waals surface area contributed by atoms with Gasteiger partial charge in [-0.25, -0.2) is 4.39 Å². The zero-order valence-electron chi connectivity index (χ0n) is 24.2. The number of aryl methyl sites for hydroxylation is 1. The predicted molar refractivity (Wildman–Crippen MR) is 161 cm³/mol. The summed E-state index contributed by atoms with van der Waals surface area (Å²) in [6, 6.07) is 19.0. The first kappa shape index (κ1) is 28.4. The van der Waals surface area contributed by atoms with E-state index >= 15 is 0 Å². The summed E-state index contributed by atoms with van der Waals surface area (Å²) in [6.45, 7) is 4.26. The quantitative estimate of drug-likeness (QED) is 0.251. The Hall–Kier alpha value is -4.70. The molecule has 1 saturated heterocycles. The summed E-state index contributed by atoms with van der Waals surface area (Å²) < 4.78 is 32.1. The molecule has 9 nitrogen and oxygen atoms in total. The average molecular weight is 585 g/mol. The predicted octanol–water partition coefficient (Wildman–Crippen LogP) is 5.18. The van der Waals surface area contributed by atoms with Gasteiger partial charge in [0.25, 0.3) is 0 Å². The Morgan fingerprint density at radius 2 is 1.70 bits per heavy atom. The maximum atomic E-state index is 13.9. The number of carbonyl (C=O) groups excluding carboxylic acids is 1. The molecule has 6 rings (SSSR count). The van der Waals surface area contributed by atoms with Gasteiger partial charge in [-0.3, -0.25) is 9.59 Å². The van der Waals surface area contributed by atoms with E-state index in [1.807, 2.05) is 53.1 Å². The second kappa shape index (κ2) is 12.3. The van der Waals surface area contributed by atoms with E-state index in [1.54, 1.807) is 24.4 Å². The summed E-state index contributed by atoms with van der Waals surface area (Å²) in [5.41, 5.74) is 3.35. The van der Waals surface area contributed by atoms with E-state index in [2.05, 4.69) is 5.10 Å². The molecular formula is C33H33FN4O5. The standard InChI is InChI=1S/C33H33FN4O5/c1-22-3-10-26(11-4-22)38-33(40)31(29(20-35-38)36-15-17-37(18-16-36)32(39)24-5-6-24)43-27-12-7-23(8-13-27)28-14-9-25(34)19-30(28)42-21-41-2/h3-4,7-14,19-20,24H,5-6,15-18,21H2,1-2H3. The van der Waals surface area contributed by atoms with Gasteiger partial charge in [-0.05, 0) is 61.7 Å². The van der Waals surface area contributed by atoms with Crippen LogP contribution in [0.4, 0.5) is 10.1 Å². The van der Waals surface area contributed by atoms with Crippen molar-refractivity contribution in [3.8, 4) is 34.1 Å². The molecule has 3 aromatic carbocycles. The largest absolute Gasteiger partial charge is 0.467 e. The molecule has 1 aromatic heterocycles. The average Bonchev–Trinajstić information content (AvgIpc) is 3.88. The molecule has 2 heterocycles. The fourth-order valence-corrected chi connectivity index (χ4v) is 5.17. The summed E-state index contributed by atoms with van der Waals surface area (Å²) in [5, 5.41) is 4.49. The van der Waals surface area contributed by atoms with Gasteiger partial charge in [0.1, 0.15) is 23.0 Å². The third-order valence-electron chi connectivity index (χ3n) is 7.71. The SMILES string of the molecule is COCOc1cc(F)ccc1-c1ccc(Oc2c(N3CCN(C(=O)C4CC4)CC3)cnn(-c3ccc(C)cc3)c2=O)cc1. The van der Waals surface area contributed by atoms with E-state index in [0.29, 0.717) is 54.6 Å². The van der Waals surface area contributed by atoms with E-state index in [4.69, 9.17) is 14.2 Å². The minimum atomic E-state index is -0.414. The lowest BCUT2D eigenvalue weighted by molar-refractivity contribution is -0.132. The van der Waals surface area contributed by atoms with Crippen LogP contribution in [0, 0.1) is 18.7 Å². The van der Waals surface area contributed by atoms with Gasteiger partial charge >= 0.3 is 5.56 Å². The minimum Gasteiger partial charge on any atom is -0.467 e. The molecule has 4 aromatic rings. The Kier molecular flexibility index (Phi) is 8.11. The van der Waals surface area contributed by atoms with E-state index in [9.17, 15) is 14.0 Å². The number of rotatable bonds is 9. The molecule has 2 fully saturated rings. The first-order chi connectivity index (χ1) is 20.9. The zero-order valence-corrected chi connectivity index (χ0v) is 24.2. The van der Waals surface area contributed by atoms with Crippen molar-refractivity contribution in [2.75, 3.05) is 45.0 Å². The molecule has 0 atom stereocenters. The fourth-order valence-electron chi connectivity index (χ4n) is 5.17. The first-order valence-electron chi connectivity index (χ1n) is 14.3. The van der Waals surface area contributed by atoms with Crippen molar-refractivity contribution in [2.24, 2.45) is 5.92 Å². The van der Waals surface area contributed by atoms with Gasteiger partial charge in [0, 0.05) is 50.8 Å². The second-order valence-corrected chi connectivity index (χ2v) is 10.8. The highest BCUT2D eigenvalue weighted by Crippen LogP contribution is 2.35. The number of benzene rings is 3. The topological polar surface area (TPSA) is 86.1 Å². The molecule has 0 radical (unpaired) electrons. The van der Waals surface area contributed by atoms with Gasteiger partial charge in [0.15, 0.2) is 6.79 Å². The number of nitrogens with zero attached hydrogens (tertiary/aromatic N) is 4. The lowest BCUT2D eigenvalue weighted by atomic mass is 10.0. The number of hydrogen-bond acceptors (Lipinski definition) is 7. The lowest BCUT2D eigenvalue weighted by Crippen LogP contribution is -2.49. The molecule has 0 bridgehead atoms. The summed E-state index contributed by atoms with van der Waals surface area (Å²) in [5.74, 6) is 0.936. The molecule has 222 valence electrons. The van der Waals surface area contributed by atoms with Crippen molar-refractivity contribution in [1.29, 1.82) is 0 Å². The van der Waals surface area contributed by atoms with Crippen LogP contribution in [0.3, 0.4) is 0 Å². The van der Waals surface area contributed by atoms with Crippen molar-refractivity contribution in [1.82, 2.24) is 14.7 Å². The number of methoxy groups -OCH3 is 1. The van der Waals surface area contributed by atoms with Crippen molar-refractivity contribution in [3.05, 3.63) is 94.7 Å². The van der Waals surface area contributed by atoms with Crippen LogP contribution in [-0.2, 0) is 9.53 Å². The number of ether oxygens (including phenoxy) is 3. The Morgan fingerprint density at radius 3 is 2.37 bits per heavy atom. The summed E-state index contributed by atoms with van der Waals surface area (Å²) in [6.07, 6.45) is 3.60. The van der Waals surface area contributed by atoms with Crippen molar-refractivity contribution in [3.63, 3.8) is 0 Å². The molecule has 43 heavy (non-hydrogen) atoms. The second-order valence-electron chi connectivity index (χ2n) is 10.8. The van der Waals surface area contributed by atoms with Crippen LogP contribution in [0.15, 0.2) is 77.7 Å². The van der Waals surface area contributed by atoms with Crippen LogP contribution in [0.1, 0.15) is 18.4 Å². The molecular weight excluding hydrogens is 551 g/mol. The van der Waals surface area contributed by atoms with Crippen molar-refractivity contribution >= 4 is 11.6 Å². The number of aromatic nitrogens is 2. The number of hydrogen-bond donors (Lipinski definition) is 0. The zero-order chi connectivity index (χ0) is 29.9. The van der Waals surface area contributed by atoms with Crippen LogP contribution in [0.5, 0.6) is 17.2 Å². The number of halogens is 1. The first-order valence-corrected chi connectivity index (χ1v) is 14.3. The molecule has 0 N–H and O–H groups in total. The van der Waals surface area contributed by atoms with Gasteiger partial charge in [-0.1, -0.05) is 29.8 Å². The molecule has 10 heteroatoms. The lowest BCUT2D eigenvalue weighted by Gasteiger charge is -2.36. The Labute approximate surface area is 249 Å². The fraction of sp³-hybridized carbons (Fsp3) is 0.303. The number of amides is 1. The molecule has 1 aliphatic carbocycles. The van der Waals surface area contributed by atoms with Crippen LogP contribution in [-0.4, -0.2) is 60.7 Å². The minimum absolute atomic E-state index is 0.0151.